The number of nitrogens with two attached hydrogens (primary N) is 1. The highest BCUT2D eigenvalue weighted by Gasteiger charge is 2.37. The average Bonchev–Trinajstić information content (AvgIpc) is 2.67. The third-order valence-electron chi connectivity index (χ3n) is 5.22. The molecule has 1 fully saturated rings. The van der Waals surface area contributed by atoms with Crippen LogP contribution in [0.25, 0.3) is 0 Å². The van der Waals surface area contributed by atoms with E-state index in [1.54, 1.807) is 36.1 Å². The Balaban J connectivity index is 1.69. The van der Waals surface area contributed by atoms with Gasteiger partial charge in [-0.1, -0.05) is 30.3 Å². The van der Waals surface area contributed by atoms with E-state index < -0.39 is 40.3 Å². The van der Waals surface area contributed by atoms with Crippen LogP contribution in [-0.2, 0) is 10.3 Å². The number of likely N-dealkylation sites (tertiary alicyclic amines) is 1. The van der Waals surface area contributed by atoms with Crippen molar-refractivity contribution >= 4 is 11.7 Å². The van der Waals surface area contributed by atoms with Crippen LogP contribution in [0.15, 0.2) is 42.5 Å². The topological polar surface area (TPSA) is 63.4 Å². The first-order chi connectivity index (χ1) is 13.2. The maximum absolute atomic E-state index is 13.9. The smallest absolute Gasteiger partial charge is 0.246 e. The van der Waals surface area contributed by atoms with Crippen LogP contribution in [0.1, 0.15) is 35.7 Å². The third kappa shape index (κ3) is 3.80. The van der Waals surface area contributed by atoms with Crippen molar-refractivity contribution in [3.8, 4) is 0 Å². The molecule has 0 saturated carbocycles. The van der Waals surface area contributed by atoms with Crippen molar-refractivity contribution in [2.24, 2.45) is 11.7 Å². The zero-order chi connectivity index (χ0) is 20.5. The van der Waals surface area contributed by atoms with Crippen LogP contribution in [0.3, 0.4) is 0 Å². The normalized spacial score (nSPS) is 17.2. The summed E-state index contributed by atoms with van der Waals surface area (Å²) in [4.78, 5) is 26.9. The van der Waals surface area contributed by atoms with E-state index in [-0.39, 0.29) is 31.8 Å². The van der Waals surface area contributed by atoms with Gasteiger partial charge in [0.2, 0.25) is 5.91 Å². The zero-order valence-corrected chi connectivity index (χ0v) is 15.4. The van der Waals surface area contributed by atoms with Crippen LogP contribution < -0.4 is 5.73 Å². The highest BCUT2D eigenvalue weighted by Crippen LogP contribution is 2.28. The number of benzene rings is 2. The van der Waals surface area contributed by atoms with E-state index in [0.717, 1.165) is 0 Å². The molecule has 2 aromatic carbocycles. The van der Waals surface area contributed by atoms with E-state index in [2.05, 4.69) is 0 Å². The highest BCUT2D eigenvalue weighted by atomic mass is 19.1. The van der Waals surface area contributed by atoms with E-state index >= 15 is 0 Å². The second-order valence-corrected chi connectivity index (χ2v) is 7.24. The van der Waals surface area contributed by atoms with Crippen LogP contribution in [-0.4, -0.2) is 29.7 Å². The molecule has 28 heavy (non-hydrogen) atoms. The predicted molar refractivity (Wildman–Crippen MR) is 97.9 cm³/mol. The van der Waals surface area contributed by atoms with Crippen molar-refractivity contribution in [3.63, 3.8) is 0 Å². The highest BCUT2D eigenvalue weighted by molar-refractivity contribution is 5.98. The largest absolute Gasteiger partial charge is 0.341 e. The summed E-state index contributed by atoms with van der Waals surface area (Å²) in [5, 5.41) is 0. The molecule has 0 radical (unpaired) electrons. The quantitative estimate of drug-likeness (QED) is 0.814. The van der Waals surface area contributed by atoms with E-state index in [9.17, 15) is 22.8 Å². The lowest BCUT2D eigenvalue weighted by atomic mass is 9.86. The number of halogens is 3. The fraction of sp³-hybridized carbons (Fsp3) is 0.333. The molecule has 0 aliphatic carbocycles. The minimum Gasteiger partial charge on any atom is -0.341 e. The standard InChI is InChI=1S/C21H21F3N2O2/c1-21(25,14-5-3-2-4-6-14)20(28)26-9-7-13(8-10-26)19(27)18-16(23)11-15(22)12-17(18)24/h2-6,11-13H,7-10,25H2,1H3. The summed E-state index contributed by atoms with van der Waals surface area (Å²) < 4.78 is 40.8. The molecular formula is C21H21F3N2O2. The first kappa shape index (κ1) is 20.1. The Kier molecular flexibility index (Phi) is 5.56. The molecule has 148 valence electrons. The number of carbonyl (C=O) groups excluding carboxylic acids is 2. The van der Waals surface area contributed by atoms with Gasteiger partial charge in [0.1, 0.15) is 23.0 Å². The summed E-state index contributed by atoms with van der Waals surface area (Å²) in [5.41, 5.74) is 5.00. The van der Waals surface area contributed by atoms with Crippen LogP contribution in [0.2, 0.25) is 0 Å². The number of Topliss-reactive ketones (excluding diaryl/α,β-unsaturated/α-hetero) is 1. The summed E-state index contributed by atoms with van der Waals surface area (Å²) in [5.74, 6) is -5.11. The maximum atomic E-state index is 13.9. The molecule has 1 aliphatic heterocycles. The zero-order valence-electron chi connectivity index (χ0n) is 15.4. The number of hydrogen-bond acceptors (Lipinski definition) is 3. The number of nitrogens with zero attached hydrogens (tertiary/aromatic N) is 1. The minimum atomic E-state index is -1.22. The molecule has 2 aromatic rings. The molecule has 1 amide bonds. The maximum Gasteiger partial charge on any atom is 0.246 e. The van der Waals surface area contributed by atoms with Gasteiger partial charge in [0.15, 0.2) is 5.78 Å². The molecule has 0 bridgehead atoms. The number of amides is 1. The number of rotatable bonds is 4. The summed E-state index contributed by atoms with van der Waals surface area (Å²) in [7, 11) is 0. The van der Waals surface area contributed by atoms with Crippen molar-refractivity contribution in [2.45, 2.75) is 25.3 Å². The summed E-state index contributed by atoms with van der Waals surface area (Å²) in [6, 6.07) is 9.95. The number of hydrogen-bond donors (Lipinski definition) is 1. The molecule has 1 atom stereocenters. The van der Waals surface area contributed by atoms with Crippen molar-refractivity contribution in [1.82, 2.24) is 4.90 Å². The molecule has 0 aromatic heterocycles. The van der Waals surface area contributed by atoms with Gasteiger partial charge in [-0.15, -0.1) is 0 Å². The molecule has 3 rings (SSSR count). The number of carbonyl (C=O) groups is 2. The Labute approximate surface area is 161 Å². The van der Waals surface area contributed by atoms with Gasteiger partial charge in [-0.3, -0.25) is 9.59 Å². The SMILES string of the molecule is CC(N)(C(=O)N1CCC(C(=O)c2c(F)cc(F)cc2F)CC1)c1ccccc1. The monoisotopic (exact) mass is 390 g/mol. The Hall–Kier alpha value is -2.67. The fourth-order valence-corrected chi connectivity index (χ4v) is 3.56. The molecule has 4 nitrogen and oxygen atoms in total. The first-order valence-electron chi connectivity index (χ1n) is 9.04. The lowest BCUT2D eigenvalue weighted by Gasteiger charge is -2.36. The van der Waals surface area contributed by atoms with Crippen LogP contribution in [0.4, 0.5) is 13.2 Å². The second kappa shape index (κ2) is 7.75. The summed E-state index contributed by atoms with van der Waals surface area (Å²) in [6.45, 7) is 2.13. The van der Waals surface area contributed by atoms with Gasteiger partial charge in [0, 0.05) is 31.1 Å². The van der Waals surface area contributed by atoms with Crippen LogP contribution in [0, 0.1) is 23.4 Å². The molecule has 1 unspecified atom stereocenters. The van der Waals surface area contributed by atoms with Gasteiger partial charge in [-0.25, -0.2) is 13.2 Å². The van der Waals surface area contributed by atoms with Crippen molar-refractivity contribution in [2.75, 3.05) is 13.1 Å². The second-order valence-electron chi connectivity index (χ2n) is 7.24. The van der Waals surface area contributed by atoms with Crippen molar-refractivity contribution < 1.29 is 22.8 Å². The fourth-order valence-electron chi connectivity index (χ4n) is 3.56. The van der Waals surface area contributed by atoms with Crippen molar-refractivity contribution in [1.29, 1.82) is 0 Å². The van der Waals surface area contributed by atoms with E-state index in [0.29, 0.717) is 17.7 Å². The average molecular weight is 390 g/mol. The Morgan fingerprint density at radius 3 is 2.11 bits per heavy atom. The van der Waals surface area contributed by atoms with Gasteiger partial charge >= 0.3 is 0 Å². The molecule has 1 aliphatic rings. The van der Waals surface area contributed by atoms with Gasteiger partial charge in [0.25, 0.3) is 0 Å². The summed E-state index contributed by atoms with van der Waals surface area (Å²) in [6.07, 6.45) is 0.511. The van der Waals surface area contributed by atoms with Gasteiger partial charge in [-0.2, -0.15) is 0 Å². The molecule has 2 N–H and O–H groups in total. The Bertz CT molecular complexity index is 869. The van der Waals surface area contributed by atoms with Crippen LogP contribution in [0.5, 0.6) is 0 Å². The lowest BCUT2D eigenvalue weighted by molar-refractivity contribution is -0.138. The van der Waals surface area contributed by atoms with Gasteiger partial charge < -0.3 is 10.6 Å². The van der Waals surface area contributed by atoms with Gasteiger partial charge in [0.05, 0.1) is 5.56 Å². The lowest BCUT2D eigenvalue weighted by Crippen LogP contribution is -2.53. The molecule has 7 heteroatoms. The first-order valence-corrected chi connectivity index (χ1v) is 9.04. The van der Waals surface area contributed by atoms with E-state index in [1.807, 2.05) is 6.07 Å². The Morgan fingerprint density at radius 1 is 1.04 bits per heavy atom. The molecular weight excluding hydrogens is 369 g/mol. The predicted octanol–water partition coefficient (Wildman–Crippen LogP) is 3.40. The number of ketones is 1. The van der Waals surface area contributed by atoms with E-state index in [4.69, 9.17) is 5.73 Å². The van der Waals surface area contributed by atoms with Crippen LogP contribution >= 0.6 is 0 Å². The molecule has 1 saturated heterocycles. The van der Waals surface area contributed by atoms with E-state index in [1.165, 1.54) is 0 Å². The summed E-state index contributed by atoms with van der Waals surface area (Å²) >= 11 is 0. The Morgan fingerprint density at radius 2 is 1.57 bits per heavy atom. The minimum absolute atomic E-state index is 0.249. The van der Waals surface area contributed by atoms with Crippen molar-refractivity contribution in [3.05, 3.63) is 71.0 Å². The van der Waals surface area contributed by atoms with Gasteiger partial charge in [-0.05, 0) is 25.3 Å². The third-order valence-corrected chi connectivity index (χ3v) is 5.22. The number of piperidine rings is 1. The molecule has 0 spiro atoms. The molecule has 1 heterocycles.